The van der Waals surface area contributed by atoms with Crippen molar-refractivity contribution >= 4 is 23.3 Å². The van der Waals surface area contributed by atoms with Crippen LogP contribution in [0.5, 0.6) is 0 Å². The van der Waals surface area contributed by atoms with Gasteiger partial charge in [0.15, 0.2) is 11.6 Å². The van der Waals surface area contributed by atoms with Crippen molar-refractivity contribution in [2.75, 3.05) is 30.0 Å². The molecule has 2 aliphatic heterocycles. The van der Waals surface area contributed by atoms with E-state index in [-0.39, 0.29) is 24.5 Å². The maximum atomic E-state index is 14.9. The number of amidine groups is 1. The first-order chi connectivity index (χ1) is 14.9. The minimum absolute atomic E-state index is 0.0369. The molecule has 1 amide bonds. The van der Waals surface area contributed by atoms with Gasteiger partial charge in [-0.2, -0.15) is 5.10 Å². The Morgan fingerprint density at radius 2 is 2.13 bits per heavy atom. The van der Waals surface area contributed by atoms with Gasteiger partial charge in [-0.1, -0.05) is 6.58 Å². The molecular weight excluding hydrogens is 410 g/mol. The number of rotatable bonds is 6. The third-order valence-electron chi connectivity index (χ3n) is 5.11. The highest BCUT2D eigenvalue weighted by Gasteiger charge is 2.35. The lowest BCUT2D eigenvalue weighted by Crippen LogP contribution is -2.27. The second-order valence-corrected chi connectivity index (χ2v) is 7.22. The number of ether oxygens (including phenoxy) is 1. The number of aryl methyl sites for hydroxylation is 1. The van der Waals surface area contributed by atoms with E-state index >= 15 is 0 Å². The first-order valence-corrected chi connectivity index (χ1v) is 9.59. The summed E-state index contributed by atoms with van der Waals surface area (Å²) in [5.41, 5.74) is 4.28. The average Bonchev–Trinajstić information content (AvgIpc) is 3.39. The molecule has 1 atom stereocenters. The summed E-state index contributed by atoms with van der Waals surface area (Å²) in [5, 5.41) is 4.33. The largest absolute Gasteiger partial charge is 0.442 e. The van der Waals surface area contributed by atoms with Crippen LogP contribution in [0.4, 0.5) is 25.0 Å². The molecule has 9 nitrogen and oxygen atoms in total. The Morgan fingerprint density at radius 3 is 2.84 bits per heavy atom. The number of halogens is 2. The number of cyclic esters (lactones) is 1. The maximum absolute atomic E-state index is 14.9. The molecule has 164 valence electrons. The lowest BCUT2D eigenvalue weighted by Gasteiger charge is -2.21. The van der Waals surface area contributed by atoms with Crippen molar-refractivity contribution in [3.8, 4) is 0 Å². The molecule has 31 heavy (non-hydrogen) atoms. The predicted octanol–water partition coefficient (Wildman–Crippen LogP) is 2.28. The summed E-state index contributed by atoms with van der Waals surface area (Å²) in [6.45, 7) is 4.56. The predicted molar refractivity (Wildman–Crippen MR) is 110 cm³/mol. The molecule has 2 aliphatic rings. The maximum Gasteiger partial charge on any atom is 0.414 e. The molecular formula is C20H22F2N6O3. The van der Waals surface area contributed by atoms with Crippen LogP contribution in [-0.2, 0) is 29.7 Å². The van der Waals surface area contributed by atoms with E-state index in [4.69, 9.17) is 9.57 Å². The SMILES string of the molecule is C=CC(=NCC1CN(c2ccc(N3Cc4cn(C)nc4C3)c(F)c2F)C(=O)O1)NOC. The van der Waals surface area contributed by atoms with Crippen LogP contribution in [0.25, 0.3) is 0 Å². The number of anilines is 2. The van der Waals surface area contributed by atoms with Gasteiger partial charge in [0, 0.05) is 25.4 Å². The summed E-state index contributed by atoms with van der Waals surface area (Å²) in [6.07, 6.45) is 1.92. The van der Waals surface area contributed by atoms with Crippen LogP contribution in [0.1, 0.15) is 11.3 Å². The van der Waals surface area contributed by atoms with Gasteiger partial charge in [0.1, 0.15) is 11.9 Å². The highest BCUT2D eigenvalue weighted by molar-refractivity contribution is 5.92. The molecule has 1 N–H and O–H groups in total. The molecule has 0 aliphatic carbocycles. The summed E-state index contributed by atoms with van der Waals surface area (Å²) >= 11 is 0. The van der Waals surface area contributed by atoms with Crippen LogP contribution in [0.2, 0.25) is 0 Å². The van der Waals surface area contributed by atoms with Crippen molar-refractivity contribution in [3.63, 3.8) is 0 Å². The Balaban J connectivity index is 1.49. The fourth-order valence-electron chi connectivity index (χ4n) is 3.70. The van der Waals surface area contributed by atoms with Crippen molar-refractivity contribution in [1.29, 1.82) is 0 Å². The number of carbonyl (C=O) groups is 1. The molecule has 4 rings (SSSR count). The number of amides is 1. The Bertz CT molecular complexity index is 1030. The van der Waals surface area contributed by atoms with E-state index in [0.29, 0.717) is 18.9 Å². The van der Waals surface area contributed by atoms with Gasteiger partial charge in [-0.05, 0) is 18.2 Å². The fraction of sp³-hybridized carbons (Fsp3) is 0.350. The van der Waals surface area contributed by atoms with Crippen LogP contribution in [0, 0.1) is 11.6 Å². The molecule has 3 heterocycles. The number of nitrogens with one attached hydrogen (secondary N) is 1. The normalized spacial score (nSPS) is 18.4. The fourth-order valence-corrected chi connectivity index (χ4v) is 3.70. The Morgan fingerprint density at radius 1 is 1.39 bits per heavy atom. The zero-order valence-electron chi connectivity index (χ0n) is 17.1. The van der Waals surface area contributed by atoms with Crippen molar-refractivity contribution in [3.05, 3.63) is 53.9 Å². The van der Waals surface area contributed by atoms with Crippen LogP contribution in [0.15, 0.2) is 36.0 Å². The molecule has 1 fully saturated rings. The zero-order valence-corrected chi connectivity index (χ0v) is 17.1. The number of carbonyl (C=O) groups excluding carboxylic acids is 1. The molecule has 1 aromatic heterocycles. The summed E-state index contributed by atoms with van der Waals surface area (Å²) in [7, 11) is 3.24. The smallest absolute Gasteiger partial charge is 0.414 e. The minimum Gasteiger partial charge on any atom is -0.442 e. The molecule has 0 radical (unpaired) electrons. The van der Waals surface area contributed by atoms with E-state index in [1.807, 2.05) is 13.2 Å². The quantitative estimate of drug-likeness (QED) is 0.428. The Labute approximate surface area is 177 Å². The van der Waals surface area contributed by atoms with Crippen LogP contribution in [0.3, 0.4) is 0 Å². The van der Waals surface area contributed by atoms with Gasteiger partial charge in [0.05, 0.1) is 43.8 Å². The molecule has 0 spiro atoms. The van der Waals surface area contributed by atoms with Crippen LogP contribution in [-0.4, -0.2) is 48.0 Å². The van der Waals surface area contributed by atoms with E-state index in [1.54, 1.807) is 9.58 Å². The van der Waals surface area contributed by atoms with E-state index < -0.39 is 23.8 Å². The van der Waals surface area contributed by atoms with Gasteiger partial charge in [0.25, 0.3) is 0 Å². The molecule has 2 aromatic rings. The molecule has 1 aromatic carbocycles. The lowest BCUT2D eigenvalue weighted by molar-refractivity contribution is 0.140. The summed E-state index contributed by atoms with van der Waals surface area (Å²) in [6, 6.07) is 2.86. The molecule has 0 saturated carbocycles. The number of hydroxylamine groups is 1. The van der Waals surface area contributed by atoms with E-state index in [1.165, 1.54) is 25.3 Å². The van der Waals surface area contributed by atoms with Crippen molar-refractivity contribution in [2.45, 2.75) is 19.2 Å². The number of hydrogen-bond acceptors (Lipinski definition) is 6. The number of hydrogen-bond donors (Lipinski definition) is 1. The van der Waals surface area contributed by atoms with E-state index in [0.717, 1.165) is 16.2 Å². The Kier molecular flexibility index (Phi) is 5.59. The van der Waals surface area contributed by atoms with Gasteiger partial charge < -0.3 is 9.64 Å². The molecule has 0 bridgehead atoms. The standard InChI is InChI=1S/C20H22F2N6O3/c1-4-17(25-30-3)23-7-13-10-28(20(29)31-13)16-6-5-15(18(21)19(16)22)27-9-12-8-26(2)24-14(12)11-27/h4-6,8,13H,1,7,9-11H2,2-3H3,(H,23,25). The van der Waals surface area contributed by atoms with Crippen molar-refractivity contribution < 1.29 is 23.1 Å². The summed E-state index contributed by atoms with van der Waals surface area (Å²) in [5.74, 6) is -1.75. The number of nitrogens with zero attached hydrogens (tertiary/aromatic N) is 5. The van der Waals surface area contributed by atoms with Gasteiger partial charge in [0.2, 0.25) is 0 Å². The third-order valence-corrected chi connectivity index (χ3v) is 5.11. The van der Waals surface area contributed by atoms with Gasteiger partial charge in [-0.15, -0.1) is 0 Å². The number of fused-ring (bicyclic) bond motifs is 1. The lowest BCUT2D eigenvalue weighted by atomic mass is 10.2. The van der Waals surface area contributed by atoms with E-state index in [9.17, 15) is 13.6 Å². The van der Waals surface area contributed by atoms with Gasteiger partial charge in [-0.25, -0.2) is 19.1 Å². The van der Waals surface area contributed by atoms with E-state index in [2.05, 4.69) is 22.2 Å². The number of aromatic nitrogens is 2. The zero-order chi connectivity index (χ0) is 22.1. The summed E-state index contributed by atoms with van der Waals surface area (Å²) in [4.78, 5) is 24.0. The topological polar surface area (TPSA) is 84.2 Å². The van der Waals surface area contributed by atoms with Gasteiger partial charge >= 0.3 is 6.09 Å². The van der Waals surface area contributed by atoms with Crippen molar-refractivity contribution in [1.82, 2.24) is 15.3 Å². The van der Waals surface area contributed by atoms with Gasteiger partial charge in [-0.3, -0.25) is 19.4 Å². The number of aliphatic imine (C=N–C) groups is 1. The molecule has 1 unspecified atom stereocenters. The van der Waals surface area contributed by atoms with Crippen LogP contribution >= 0.6 is 0 Å². The molecule has 1 saturated heterocycles. The first-order valence-electron chi connectivity index (χ1n) is 9.59. The highest BCUT2D eigenvalue weighted by Crippen LogP contribution is 2.35. The Hall–Kier alpha value is -3.47. The minimum atomic E-state index is -1.10. The summed E-state index contributed by atoms with van der Waals surface area (Å²) < 4.78 is 36.8. The van der Waals surface area contributed by atoms with Crippen LogP contribution < -0.4 is 15.3 Å². The third kappa shape index (κ3) is 3.96. The first kappa shape index (κ1) is 20.8. The van der Waals surface area contributed by atoms with Crippen molar-refractivity contribution in [2.24, 2.45) is 12.0 Å². The second-order valence-electron chi connectivity index (χ2n) is 7.22. The number of benzene rings is 1. The molecule has 11 heteroatoms. The highest BCUT2D eigenvalue weighted by atomic mass is 19.2. The monoisotopic (exact) mass is 432 g/mol. The second kappa shape index (κ2) is 8.34. The average molecular weight is 432 g/mol.